The van der Waals surface area contributed by atoms with Crippen molar-refractivity contribution in [1.29, 1.82) is 0 Å². The summed E-state index contributed by atoms with van der Waals surface area (Å²) >= 11 is 0. The van der Waals surface area contributed by atoms with Gasteiger partial charge in [-0.05, 0) is 32.4 Å². The third-order valence-electron chi connectivity index (χ3n) is 3.34. The largest absolute Gasteiger partial charge is 0.389 e. The molecule has 12 heavy (non-hydrogen) atoms. The molecule has 2 heteroatoms. The average molecular weight is 167 g/mol. The molecule has 2 saturated heterocycles. The second-order valence-corrected chi connectivity index (χ2v) is 3.92. The fraction of sp³-hybridized carbons (Fsp3) is 0.800. The minimum absolute atomic E-state index is 0.280. The molecule has 2 rings (SSSR count). The van der Waals surface area contributed by atoms with Crippen molar-refractivity contribution in [3.8, 4) is 0 Å². The normalized spacial score (nSPS) is 38.1. The maximum atomic E-state index is 9.66. The van der Waals surface area contributed by atoms with Crippen LogP contribution in [0.4, 0.5) is 0 Å². The van der Waals surface area contributed by atoms with Gasteiger partial charge in [0.2, 0.25) is 0 Å². The molecule has 0 aromatic rings. The monoisotopic (exact) mass is 167 g/mol. The Labute approximate surface area is 73.9 Å². The summed E-state index contributed by atoms with van der Waals surface area (Å²) in [5, 5.41) is 9.66. The molecule has 3 unspecified atom stereocenters. The second-order valence-electron chi connectivity index (χ2n) is 3.92. The zero-order valence-corrected chi connectivity index (χ0v) is 7.45. The number of nitrogens with zero attached hydrogens (tertiary/aromatic N) is 1. The van der Waals surface area contributed by atoms with Gasteiger partial charge >= 0.3 is 0 Å². The lowest BCUT2D eigenvalue weighted by Crippen LogP contribution is -2.31. The molecule has 0 amide bonds. The highest BCUT2D eigenvalue weighted by atomic mass is 16.3. The van der Waals surface area contributed by atoms with E-state index in [0.717, 1.165) is 6.42 Å². The Balaban J connectivity index is 2.03. The number of hydrogen-bond acceptors (Lipinski definition) is 2. The maximum absolute atomic E-state index is 9.66. The lowest BCUT2D eigenvalue weighted by atomic mass is 9.92. The van der Waals surface area contributed by atoms with Crippen molar-refractivity contribution in [3.05, 3.63) is 12.7 Å². The maximum Gasteiger partial charge on any atom is 0.0761 e. The predicted molar refractivity (Wildman–Crippen MR) is 48.9 cm³/mol. The van der Waals surface area contributed by atoms with Gasteiger partial charge in [0, 0.05) is 12.0 Å². The SMILES string of the molecule is C=CC(O)C1CCN2CCCC12. The molecular formula is C10H17NO. The smallest absolute Gasteiger partial charge is 0.0761 e. The van der Waals surface area contributed by atoms with E-state index in [0.29, 0.717) is 12.0 Å². The third kappa shape index (κ3) is 1.19. The van der Waals surface area contributed by atoms with E-state index >= 15 is 0 Å². The van der Waals surface area contributed by atoms with Gasteiger partial charge < -0.3 is 5.11 Å². The summed E-state index contributed by atoms with van der Waals surface area (Å²) in [6.07, 6.45) is 5.14. The Morgan fingerprint density at radius 1 is 1.42 bits per heavy atom. The van der Waals surface area contributed by atoms with Gasteiger partial charge in [-0.1, -0.05) is 6.08 Å². The Bertz CT molecular complexity index is 181. The van der Waals surface area contributed by atoms with Crippen LogP contribution in [0.25, 0.3) is 0 Å². The van der Waals surface area contributed by atoms with Crippen LogP contribution in [-0.4, -0.2) is 35.2 Å². The van der Waals surface area contributed by atoms with E-state index in [9.17, 15) is 5.11 Å². The van der Waals surface area contributed by atoms with Gasteiger partial charge in [0.15, 0.2) is 0 Å². The zero-order valence-electron chi connectivity index (χ0n) is 7.45. The van der Waals surface area contributed by atoms with Gasteiger partial charge in [-0.2, -0.15) is 0 Å². The first-order valence-electron chi connectivity index (χ1n) is 4.87. The first-order valence-corrected chi connectivity index (χ1v) is 4.87. The van der Waals surface area contributed by atoms with E-state index in [2.05, 4.69) is 11.5 Å². The van der Waals surface area contributed by atoms with Crippen LogP contribution >= 0.6 is 0 Å². The molecule has 68 valence electrons. The van der Waals surface area contributed by atoms with Crippen LogP contribution in [-0.2, 0) is 0 Å². The summed E-state index contributed by atoms with van der Waals surface area (Å²) in [5.41, 5.74) is 0. The molecule has 0 aromatic carbocycles. The molecule has 1 N–H and O–H groups in total. The Kier molecular flexibility index (Phi) is 2.20. The van der Waals surface area contributed by atoms with Crippen molar-refractivity contribution in [3.63, 3.8) is 0 Å². The molecule has 2 heterocycles. The predicted octanol–water partition coefficient (Wildman–Crippen LogP) is 1.02. The lowest BCUT2D eigenvalue weighted by molar-refractivity contribution is 0.129. The van der Waals surface area contributed by atoms with Crippen LogP contribution in [0.15, 0.2) is 12.7 Å². The molecule has 2 aliphatic heterocycles. The fourth-order valence-electron chi connectivity index (χ4n) is 2.69. The van der Waals surface area contributed by atoms with E-state index in [4.69, 9.17) is 0 Å². The summed E-state index contributed by atoms with van der Waals surface area (Å²) < 4.78 is 0. The molecule has 0 spiro atoms. The highest BCUT2D eigenvalue weighted by Gasteiger charge is 2.39. The Morgan fingerprint density at radius 2 is 2.25 bits per heavy atom. The summed E-state index contributed by atoms with van der Waals surface area (Å²) in [4.78, 5) is 2.51. The van der Waals surface area contributed by atoms with Gasteiger partial charge in [0.05, 0.1) is 6.10 Å². The quantitative estimate of drug-likeness (QED) is 0.621. The van der Waals surface area contributed by atoms with Crippen LogP contribution in [0, 0.1) is 5.92 Å². The summed E-state index contributed by atoms with van der Waals surface area (Å²) in [6.45, 7) is 6.07. The zero-order chi connectivity index (χ0) is 8.55. The topological polar surface area (TPSA) is 23.5 Å². The minimum atomic E-state index is -0.280. The number of fused-ring (bicyclic) bond motifs is 1. The standard InChI is InChI=1S/C10H17NO/c1-2-10(12)8-5-7-11-6-3-4-9(8)11/h2,8-10,12H,1,3-7H2. The lowest BCUT2D eigenvalue weighted by Gasteiger charge is -2.22. The summed E-state index contributed by atoms with van der Waals surface area (Å²) in [7, 11) is 0. The fourth-order valence-corrected chi connectivity index (χ4v) is 2.69. The van der Waals surface area contributed by atoms with E-state index < -0.39 is 0 Å². The number of hydrogen-bond donors (Lipinski definition) is 1. The van der Waals surface area contributed by atoms with Gasteiger partial charge in [-0.3, -0.25) is 4.90 Å². The van der Waals surface area contributed by atoms with Crippen molar-refractivity contribution in [2.45, 2.75) is 31.4 Å². The van der Waals surface area contributed by atoms with Crippen molar-refractivity contribution >= 4 is 0 Å². The van der Waals surface area contributed by atoms with E-state index in [1.54, 1.807) is 6.08 Å². The van der Waals surface area contributed by atoms with Crippen molar-refractivity contribution in [2.75, 3.05) is 13.1 Å². The van der Waals surface area contributed by atoms with Crippen LogP contribution in [0.3, 0.4) is 0 Å². The highest BCUT2D eigenvalue weighted by Crippen LogP contribution is 2.34. The Morgan fingerprint density at radius 3 is 3.00 bits per heavy atom. The summed E-state index contributed by atoms with van der Waals surface area (Å²) in [5.74, 6) is 0.463. The van der Waals surface area contributed by atoms with Gasteiger partial charge in [-0.15, -0.1) is 6.58 Å². The van der Waals surface area contributed by atoms with E-state index in [1.807, 2.05) is 0 Å². The first-order chi connectivity index (χ1) is 5.83. The minimum Gasteiger partial charge on any atom is -0.389 e. The van der Waals surface area contributed by atoms with Gasteiger partial charge in [0.1, 0.15) is 0 Å². The van der Waals surface area contributed by atoms with Crippen molar-refractivity contribution in [1.82, 2.24) is 4.90 Å². The van der Waals surface area contributed by atoms with Crippen LogP contribution in [0.5, 0.6) is 0 Å². The van der Waals surface area contributed by atoms with Crippen molar-refractivity contribution in [2.24, 2.45) is 5.92 Å². The van der Waals surface area contributed by atoms with Crippen molar-refractivity contribution < 1.29 is 5.11 Å². The van der Waals surface area contributed by atoms with E-state index in [-0.39, 0.29) is 6.10 Å². The first kappa shape index (κ1) is 8.27. The van der Waals surface area contributed by atoms with Gasteiger partial charge in [-0.25, -0.2) is 0 Å². The number of aliphatic hydroxyl groups excluding tert-OH is 1. The van der Waals surface area contributed by atoms with Crippen LogP contribution < -0.4 is 0 Å². The second kappa shape index (κ2) is 3.19. The molecular weight excluding hydrogens is 150 g/mol. The molecule has 0 saturated carbocycles. The van der Waals surface area contributed by atoms with Crippen LogP contribution in [0.1, 0.15) is 19.3 Å². The molecule has 0 bridgehead atoms. The molecule has 2 aliphatic rings. The number of rotatable bonds is 2. The molecule has 2 nitrogen and oxygen atoms in total. The number of aliphatic hydroxyl groups is 1. The van der Waals surface area contributed by atoms with Gasteiger partial charge in [0.25, 0.3) is 0 Å². The molecule has 3 atom stereocenters. The summed E-state index contributed by atoms with van der Waals surface area (Å²) in [6, 6.07) is 0.651. The van der Waals surface area contributed by atoms with E-state index in [1.165, 1.54) is 25.9 Å². The Hall–Kier alpha value is -0.340. The molecule has 0 aliphatic carbocycles. The van der Waals surface area contributed by atoms with Crippen LogP contribution in [0.2, 0.25) is 0 Å². The molecule has 0 radical (unpaired) electrons. The average Bonchev–Trinajstić information content (AvgIpc) is 2.62. The third-order valence-corrected chi connectivity index (χ3v) is 3.34. The molecule has 0 aromatic heterocycles. The molecule has 2 fully saturated rings. The highest BCUT2D eigenvalue weighted by molar-refractivity contribution is 4.98.